The zero-order valence-corrected chi connectivity index (χ0v) is 15.9. The van der Waals surface area contributed by atoms with Gasteiger partial charge in [0.15, 0.2) is 5.01 Å². The quantitative estimate of drug-likeness (QED) is 0.815. The fourth-order valence-corrected chi connectivity index (χ4v) is 4.05. The van der Waals surface area contributed by atoms with E-state index in [9.17, 15) is 9.59 Å². The summed E-state index contributed by atoms with van der Waals surface area (Å²) < 4.78 is 0. The lowest BCUT2D eigenvalue weighted by Crippen LogP contribution is -2.42. The molecular formula is C19H24N4O2S. The number of nitrogens with zero attached hydrogens (tertiary/aromatic N) is 2. The second kappa shape index (κ2) is 8.42. The van der Waals surface area contributed by atoms with Gasteiger partial charge in [-0.2, -0.15) is 0 Å². The lowest BCUT2D eigenvalue weighted by atomic mass is 10.1. The maximum atomic E-state index is 12.4. The van der Waals surface area contributed by atoms with Gasteiger partial charge < -0.3 is 10.6 Å². The summed E-state index contributed by atoms with van der Waals surface area (Å²) in [6, 6.07) is 10.3. The lowest BCUT2D eigenvalue weighted by molar-refractivity contribution is -0.121. The van der Waals surface area contributed by atoms with Crippen LogP contribution in [0.1, 0.15) is 29.1 Å². The molecule has 1 aromatic heterocycles. The zero-order valence-electron chi connectivity index (χ0n) is 15.1. The molecule has 0 spiro atoms. The summed E-state index contributed by atoms with van der Waals surface area (Å²) in [5.41, 5.74) is 1.83. The van der Waals surface area contributed by atoms with Crippen LogP contribution >= 0.6 is 11.3 Å². The van der Waals surface area contributed by atoms with Crippen LogP contribution in [0.15, 0.2) is 35.7 Å². The number of aromatic nitrogens is 1. The second-order valence-electron chi connectivity index (χ2n) is 6.54. The van der Waals surface area contributed by atoms with E-state index in [1.807, 2.05) is 42.8 Å². The number of carbonyl (C=O) groups excluding carboxylic acids is 2. The predicted molar refractivity (Wildman–Crippen MR) is 103 cm³/mol. The van der Waals surface area contributed by atoms with Crippen LogP contribution in [0.5, 0.6) is 0 Å². The molecule has 3 rings (SSSR count). The molecule has 0 unspecified atom stereocenters. The molecule has 1 aliphatic rings. The summed E-state index contributed by atoms with van der Waals surface area (Å²) in [6.07, 6.45) is 2.45. The summed E-state index contributed by atoms with van der Waals surface area (Å²) in [5.74, 6) is -0.0805. The third-order valence-electron chi connectivity index (χ3n) is 4.95. The van der Waals surface area contributed by atoms with E-state index in [0.29, 0.717) is 18.0 Å². The average molecular weight is 372 g/mol. The van der Waals surface area contributed by atoms with Gasteiger partial charge in [0.2, 0.25) is 5.91 Å². The normalized spacial score (nSPS) is 20.1. The molecule has 2 atom stereocenters. The van der Waals surface area contributed by atoms with Gasteiger partial charge in [-0.15, -0.1) is 11.3 Å². The van der Waals surface area contributed by atoms with Crippen molar-refractivity contribution in [3.05, 3.63) is 40.7 Å². The minimum absolute atomic E-state index is 0.0581. The van der Waals surface area contributed by atoms with Crippen LogP contribution < -0.4 is 10.6 Å². The molecule has 1 aliphatic heterocycles. The van der Waals surface area contributed by atoms with E-state index in [4.69, 9.17) is 0 Å². The first-order chi connectivity index (χ1) is 12.6. The number of likely N-dealkylation sites (N-methyl/N-ethyl adjacent to an activating group) is 1. The van der Waals surface area contributed by atoms with E-state index in [0.717, 1.165) is 24.1 Å². The Morgan fingerprint density at radius 3 is 2.69 bits per heavy atom. The molecule has 2 amide bonds. The number of rotatable bonds is 6. The number of benzene rings is 1. The molecule has 0 bridgehead atoms. The maximum Gasteiger partial charge on any atom is 0.280 e. The van der Waals surface area contributed by atoms with E-state index in [-0.39, 0.29) is 23.9 Å². The minimum Gasteiger partial charge on any atom is -0.359 e. The molecule has 1 fully saturated rings. The summed E-state index contributed by atoms with van der Waals surface area (Å²) in [7, 11) is 3.68. The average Bonchev–Trinajstić information content (AvgIpc) is 3.29. The van der Waals surface area contributed by atoms with Gasteiger partial charge in [0, 0.05) is 43.0 Å². The fourth-order valence-electron chi connectivity index (χ4n) is 3.30. The maximum absolute atomic E-state index is 12.4. The summed E-state index contributed by atoms with van der Waals surface area (Å²) in [4.78, 5) is 30.6. The SMILES string of the molecule is CNC(=O)C[C@H]1CC[C@@H](CNC(=O)c2nc(-c3ccccc3)cs2)N1C. The number of hydrogen-bond donors (Lipinski definition) is 2. The Morgan fingerprint density at radius 1 is 1.23 bits per heavy atom. The Labute approximate surface area is 157 Å². The van der Waals surface area contributed by atoms with Crippen molar-refractivity contribution < 1.29 is 9.59 Å². The molecule has 0 saturated carbocycles. The van der Waals surface area contributed by atoms with Gasteiger partial charge in [0.1, 0.15) is 0 Å². The Hall–Kier alpha value is -2.25. The van der Waals surface area contributed by atoms with E-state index >= 15 is 0 Å². The van der Waals surface area contributed by atoms with Crippen LogP contribution in [0.2, 0.25) is 0 Å². The van der Waals surface area contributed by atoms with Gasteiger partial charge in [-0.3, -0.25) is 14.5 Å². The highest BCUT2D eigenvalue weighted by Crippen LogP contribution is 2.25. The largest absolute Gasteiger partial charge is 0.359 e. The molecule has 138 valence electrons. The molecule has 2 heterocycles. The van der Waals surface area contributed by atoms with Gasteiger partial charge in [0.05, 0.1) is 5.69 Å². The van der Waals surface area contributed by atoms with Crippen LogP contribution in [0.4, 0.5) is 0 Å². The molecule has 2 aromatic rings. The molecule has 6 nitrogen and oxygen atoms in total. The third kappa shape index (κ3) is 4.28. The van der Waals surface area contributed by atoms with Crippen molar-refractivity contribution in [3.63, 3.8) is 0 Å². The van der Waals surface area contributed by atoms with E-state index in [1.165, 1.54) is 11.3 Å². The Morgan fingerprint density at radius 2 is 1.96 bits per heavy atom. The summed E-state index contributed by atoms with van der Waals surface area (Å²) in [5, 5.41) is 8.05. The van der Waals surface area contributed by atoms with Crippen molar-refractivity contribution in [1.29, 1.82) is 0 Å². The number of thiazole rings is 1. The van der Waals surface area contributed by atoms with E-state index < -0.39 is 0 Å². The Bertz CT molecular complexity index is 762. The van der Waals surface area contributed by atoms with E-state index in [2.05, 4.69) is 20.5 Å². The van der Waals surface area contributed by atoms with Crippen molar-refractivity contribution >= 4 is 23.2 Å². The molecule has 0 aliphatic carbocycles. The first kappa shape index (κ1) is 18.5. The molecule has 1 saturated heterocycles. The topological polar surface area (TPSA) is 74.3 Å². The summed E-state index contributed by atoms with van der Waals surface area (Å²) in [6.45, 7) is 0.569. The Balaban J connectivity index is 1.53. The van der Waals surface area contributed by atoms with Gasteiger partial charge in [-0.1, -0.05) is 30.3 Å². The fraction of sp³-hybridized carbons (Fsp3) is 0.421. The van der Waals surface area contributed by atoms with Crippen molar-refractivity contribution in [2.24, 2.45) is 0 Å². The van der Waals surface area contributed by atoms with Crippen molar-refractivity contribution in [3.8, 4) is 11.3 Å². The van der Waals surface area contributed by atoms with Crippen LogP contribution in [0.3, 0.4) is 0 Å². The zero-order chi connectivity index (χ0) is 18.5. The van der Waals surface area contributed by atoms with Crippen molar-refractivity contribution in [1.82, 2.24) is 20.5 Å². The third-order valence-corrected chi connectivity index (χ3v) is 5.79. The van der Waals surface area contributed by atoms with Gasteiger partial charge in [-0.25, -0.2) is 4.98 Å². The highest BCUT2D eigenvalue weighted by molar-refractivity contribution is 7.12. The van der Waals surface area contributed by atoms with Crippen molar-refractivity contribution in [2.45, 2.75) is 31.3 Å². The van der Waals surface area contributed by atoms with Crippen molar-refractivity contribution in [2.75, 3.05) is 20.6 Å². The highest BCUT2D eigenvalue weighted by Gasteiger charge is 2.31. The van der Waals surface area contributed by atoms with Gasteiger partial charge >= 0.3 is 0 Å². The number of likely N-dealkylation sites (tertiary alicyclic amines) is 1. The number of carbonyl (C=O) groups is 2. The monoisotopic (exact) mass is 372 g/mol. The lowest BCUT2D eigenvalue weighted by Gasteiger charge is -2.25. The standard InChI is InChI=1S/C19H24N4O2S/c1-20-17(24)10-14-8-9-15(23(14)2)11-21-18(25)19-22-16(12-26-19)13-6-4-3-5-7-13/h3-7,12,14-15H,8-11H2,1-2H3,(H,20,24)(H,21,25)/t14-,15+/m1/s1. The molecule has 26 heavy (non-hydrogen) atoms. The first-order valence-electron chi connectivity index (χ1n) is 8.80. The molecule has 1 aromatic carbocycles. The highest BCUT2D eigenvalue weighted by atomic mass is 32.1. The van der Waals surface area contributed by atoms with Crippen LogP contribution in [-0.2, 0) is 4.79 Å². The minimum atomic E-state index is -0.139. The first-order valence-corrected chi connectivity index (χ1v) is 9.68. The molecular weight excluding hydrogens is 348 g/mol. The molecule has 7 heteroatoms. The van der Waals surface area contributed by atoms with Crippen LogP contribution in [0.25, 0.3) is 11.3 Å². The Kier molecular flexibility index (Phi) is 6.00. The molecule has 2 N–H and O–H groups in total. The second-order valence-corrected chi connectivity index (χ2v) is 7.40. The smallest absolute Gasteiger partial charge is 0.280 e. The van der Waals surface area contributed by atoms with Gasteiger partial charge in [-0.05, 0) is 19.9 Å². The van der Waals surface area contributed by atoms with Crippen LogP contribution in [0, 0.1) is 0 Å². The molecule has 0 radical (unpaired) electrons. The number of hydrogen-bond acceptors (Lipinski definition) is 5. The number of nitrogens with one attached hydrogen (secondary N) is 2. The number of amides is 2. The van der Waals surface area contributed by atoms with E-state index in [1.54, 1.807) is 7.05 Å². The predicted octanol–water partition coefficient (Wildman–Crippen LogP) is 2.14. The summed E-state index contributed by atoms with van der Waals surface area (Å²) >= 11 is 1.36. The van der Waals surface area contributed by atoms with Gasteiger partial charge in [0.25, 0.3) is 5.91 Å². The van der Waals surface area contributed by atoms with Crippen LogP contribution in [-0.4, -0.2) is 54.4 Å².